The summed E-state index contributed by atoms with van der Waals surface area (Å²) in [5.74, 6) is 0.495. The van der Waals surface area contributed by atoms with Gasteiger partial charge in [-0.3, -0.25) is 29.8 Å². The average molecular weight is 519 g/mol. The Labute approximate surface area is 223 Å². The highest BCUT2D eigenvalue weighted by Gasteiger charge is 2.28. The molecule has 0 radical (unpaired) electrons. The van der Waals surface area contributed by atoms with Crippen LogP contribution in [0.25, 0.3) is 0 Å². The van der Waals surface area contributed by atoms with Crippen molar-refractivity contribution in [1.82, 2.24) is 10.6 Å². The third kappa shape index (κ3) is 4.31. The van der Waals surface area contributed by atoms with Crippen LogP contribution in [-0.2, 0) is 5.41 Å². The van der Waals surface area contributed by atoms with E-state index in [0.717, 1.165) is 11.1 Å². The third-order valence-electron chi connectivity index (χ3n) is 7.04. The van der Waals surface area contributed by atoms with Crippen molar-refractivity contribution in [3.8, 4) is 23.0 Å². The van der Waals surface area contributed by atoms with Gasteiger partial charge in [0.25, 0.3) is 23.6 Å². The van der Waals surface area contributed by atoms with Crippen molar-refractivity contribution < 1.29 is 28.7 Å². The predicted octanol–water partition coefficient (Wildman–Crippen LogP) is 5.36. The zero-order valence-electron chi connectivity index (χ0n) is 21.0. The van der Waals surface area contributed by atoms with E-state index in [9.17, 15) is 19.2 Å². The summed E-state index contributed by atoms with van der Waals surface area (Å²) in [5.41, 5.74) is 3.11. The van der Waals surface area contributed by atoms with Crippen LogP contribution < -0.4 is 20.1 Å². The molecule has 2 N–H and O–H groups in total. The van der Waals surface area contributed by atoms with E-state index in [2.05, 4.69) is 24.5 Å². The summed E-state index contributed by atoms with van der Waals surface area (Å²) < 4.78 is 11.8. The second-order valence-electron chi connectivity index (χ2n) is 9.86. The zero-order chi connectivity index (χ0) is 27.3. The van der Waals surface area contributed by atoms with E-state index in [-0.39, 0.29) is 5.41 Å². The van der Waals surface area contributed by atoms with Crippen LogP contribution in [0.1, 0.15) is 66.4 Å². The SMILES string of the molecule is CC(C)(c1ccc(Oc2ccc3c(c2)C(=O)NC3=O)cc1)c1ccc(Oc2ccc3c(c2)C(=O)NC3=O)cc1. The van der Waals surface area contributed by atoms with Gasteiger partial charge in [0, 0.05) is 5.41 Å². The third-order valence-corrected chi connectivity index (χ3v) is 7.04. The first-order chi connectivity index (χ1) is 18.7. The lowest BCUT2D eigenvalue weighted by atomic mass is 9.78. The Morgan fingerprint density at radius 3 is 1.18 bits per heavy atom. The standard InChI is InChI=1S/C31H22N2O6/c1-31(2,17-3-7-19(8-4-17)38-21-11-13-23-25(15-21)29(36)32-27(23)34)18-5-9-20(10-6-18)39-22-12-14-24-26(16-22)30(37)33-28(24)35/h3-16H,1-2H3,(H,32,34,36)(H,33,35,37). The molecule has 39 heavy (non-hydrogen) atoms. The fourth-order valence-corrected chi connectivity index (χ4v) is 4.74. The number of benzene rings is 4. The van der Waals surface area contributed by atoms with E-state index in [1.54, 1.807) is 36.4 Å². The van der Waals surface area contributed by atoms with Crippen LogP contribution in [-0.4, -0.2) is 23.6 Å². The summed E-state index contributed by atoms with van der Waals surface area (Å²) in [4.78, 5) is 47.3. The van der Waals surface area contributed by atoms with Gasteiger partial charge in [0.05, 0.1) is 22.3 Å². The number of carbonyl (C=O) groups excluding carboxylic acids is 4. The Morgan fingerprint density at radius 2 is 0.795 bits per heavy atom. The lowest BCUT2D eigenvalue weighted by Gasteiger charge is -2.26. The number of hydrogen-bond acceptors (Lipinski definition) is 6. The van der Waals surface area contributed by atoms with Gasteiger partial charge in [-0.2, -0.15) is 0 Å². The second kappa shape index (κ2) is 8.95. The van der Waals surface area contributed by atoms with Gasteiger partial charge < -0.3 is 9.47 Å². The number of imide groups is 2. The van der Waals surface area contributed by atoms with Gasteiger partial charge in [0.1, 0.15) is 23.0 Å². The van der Waals surface area contributed by atoms with Crippen LogP contribution in [0.4, 0.5) is 0 Å². The largest absolute Gasteiger partial charge is 0.457 e. The molecule has 0 atom stereocenters. The number of hydrogen-bond donors (Lipinski definition) is 2. The molecule has 4 aromatic rings. The first-order valence-corrected chi connectivity index (χ1v) is 12.3. The molecule has 0 fully saturated rings. The molecule has 2 heterocycles. The van der Waals surface area contributed by atoms with Crippen molar-refractivity contribution >= 4 is 23.6 Å². The van der Waals surface area contributed by atoms with E-state index >= 15 is 0 Å². The van der Waals surface area contributed by atoms with Gasteiger partial charge in [-0.1, -0.05) is 38.1 Å². The van der Waals surface area contributed by atoms with Crippen molar-refractivity contribution in [3.63, 3.8) is 0 Å². The molecule has 2 aliphatic heterocycles. The van der Waals surface area contributed by atoms with Crippen molar-refractivity contribution in [2.24, 2.45) is 0 Å². The first kappa shape index (κ1) is 24.1. The molecule has 0 aromatic heterocycles. The van der Waals surface area contributed by atoms with Crippen LogP contribution in [0.3, 0.4) is 0 Å². The van der Waals surface area contributed by atoms with Crippen molar-refractivity contribution in [2.75, 3.05) is 0 Å². The van der Waals surface area contributed by atoms with Crippen molar-refractivity contribution in [3.05, 3.63) is 118 Å². The van der Waals surface area contributed by atoms with Gasteiger partial charge >= 0.3 is 0 Å². The molecule has 0 aliphatic carbocycles. The van der Waals surface area contributed by atoms with E-state index in [1.165, 1.54) is 0 Å². The van der Waals surface area contributed by atoms with Crippen LogP contribution in [0.15, 0.2) is 84.9 Å². The molecule has 2 aliphatic rings. The van der Waals surface area contributed by atoms with Crippen LogP contribution in [0.5, 0.6) is 23.0 Å². The number of nitrogens with one attached hydrogen (secondary N) is 2. The first-order valence-electron chi connectivity index (χ1n) is 12.3. The minimum Gasteiger partial charge on any atom is -0.457 e. The van der Waals surface area contributed by atoms with Gasteiger partial charge in [-0.15, -0.1) is 0 Å². The molecule has 0 spiro atoms. The maximum atomic E-state index is 11.9. The van der Waals surface area contributed by atoms with E-state index in [1.807, 2.05) is 48.5 Å². The van der Waals surface area contributed by atoms with Gasteiger partial charge in [-0.25, -0.2) is 0 Å². The summed E-state index contributed by atoms with van der Waals surface area (Å²) >= 11 is 0. The Balaban J connectivity index is 1.15. The fraction of sp³-hybridized carbons (Fsp3) is 0.0968. The molecule has 8 nitrogen and oxygen atoms in total. The number of fused-ring (bicyclic) bond motifs is 2. The number of carbonyl (C=O) groups is 4. The minimum absolute atomic E-state index is 0.305. The van der Waals surface area contributed by atoms with Gasteiger partial charge in [0.15, 0.2) is 0 Å². The molecule has 192 valence electrons. The molecular formula is C31H22N2O6. The van der Waals surface area contributed by atoms with E-state index < -0.39 is 23.6 Å². The van der Waals surface area contributed by atoms with Crippen LogP contribution in [0.2, 0.25) is 0 Å². The van der Waals surface area contributed by atoms with Crippen molar-refractivity contribution in [1.29, 1.82) is 0 Å². The molecule has 0 unspecified atom stereocenters. The quantitative estimate of drug-likeness (QED) is 0.332. The normalized spacial score (nSPS) is 14.0. The molecule has 4 aromatic carbocycles. The van der Waals surface area contributed by atoms with E-state index in [4.69, 9.17) is 9.47 Å². The van der Waals surface area contributed by atoms with Gasteiger partial charge in [0.2, 0.25) is 0 Å². The van der Waals surface area contributed by atoms with Gasteiger partial charge in [-0.05, 0) is 71.8 Å². The second-order valence-corrected chi connectivity index (χ2v) is 9.86. The highest BCUT2D eigenvalue weighted by Crippen LogP contribution is 2.35. The highest BCUT2D eigenvalue weighted by molar-refractivity contribution is 6.22. The summed E-state index contributed by atoms with van der Waals surface area (Å²) in [6.07, 6.45) is 0. The summed E-state index contributed by atoms with van der Waals surface area (Å²) in [6.45, 7) is 4.23. The van der Waals surface area contributed by atoms with Crippen LogP contribution >= 0.6 is 0 Å². The Morgan fingerprint density at radius 1 is 0.462 bits per heavy atom. The summed E-state index contributed by atoms with van der Waals surface area (Å²) in [6, 6.07) is 25.0. The van der Waals surface area contributed by atoms with E-state index in [0.29, 0.717) is 45.3 Å². The zero-order valence-corrected chi connectivity index (χ0v) is 21.0. The molecule has 0 bridgehead atoms. The molecule has 0 saturated heterocycles. The lowest BCUT2D eigenvalue weighted by molar-refractivity contribution is 0.0863. The average Bonchev–Trinajstić information content (AvgIpc) is 3.37. The fourth-order valence-electron chi connectivity index (χ4n) is 4.74. The number of ether oxygens (including phenoxy) is 2. The maximum Gasteiger partial charge on any atom is 0.259 e. The van der Waals surface area contributed by atoms with Crippen molar-refractivity contribution in [2.45, 2.75) is 19.3 Å². The lowest BCUT2D eigenvalue weighted by Crippen LogP contribution is -2.19. The molecular weight excluding hydrogens is 496 g/mol. The number of amides is 4. The smallest absolute Gasteiger partial charge is 0.259 e. The predicted molar refractivity (Wildman–Crippen MR) is 142 cm³/mol. The number of rotatable bonds is 6. The molecule has 0 saturated carbocycles. The Hall–Kier alpha value is -5.24. The Kier molecular flexibility index (Phi) is 5.54. The monoisotopic (exact) mass is 518 g/mol. The summed E-state index contributed by atoms with van der Waals surface area (Å²) in [5, 5.41) is 4.55. The van der Waals surface area contributed by atoms with Crippen LogP contribution in [0, 0.1) is 0 Å². The molecule has 8 heteroatoms. The molecule has 6 rings (SSSR count). The topological polar surface area (TPSA) is 111 Å². The summed E-state index contributed by atoms with van der Waals surface area (Å²) in [7, 11) is 0. The maximum absolute atomic E-state index is 11.9. The molecule has 4 amide bonds. The highest BCUT2D eigenvalue weighted by atomic mass is 16.5. The Bertz CT molecular complexity index is 1560. The minimum atomic E-state index is -0.426.